The maximum absolute atomic E-state index is 11.8. The van der Waals surface area contributed by atoms with E-state index in [4.69, 9.17) is 5.11 Å². The molecule has 1 fully saturated rings. The minimum absolute atomic E-state index is 0.139. The van der Waals surface area contributed by atoms with Crippen LogP contribution < -0.4 is 5.32 Å². The standard InChI is InChI=1S/C16H18N2O3/c1-9-10(11-4-2-3-5-14(11)18-9)6-7-17-15(19)12-8-13(12)16(20)21/h2-5,12-13,18H,6-8H2,1H3,(H,17,19)(H,20,21)/t12-,13-/m1/s1. The van der Waals surface area contributed by atoms with Gasteiger partial charge in [-0.15, -0.1) is 0 Å². The number of amides is 1. The van der Waals surface area contributed by atoms with Gasteiger partial charge in [-0.1, -0.05) is 18.2 Å². The topological polar surface area (TPSA) is 82.2 Å². The van der Waals surface area contributed by atoms with E-state index in [-0.39, 0.29) is 11.8 Å². The van der Waals surface area contributed by atoms with Crippen LogP contribution in [0, 0.1) is 18.8 Å². The number of para-hydroxylation sites is 1. The van der Waals surface area contributed by atoms with E-state index < -0.39 is 11.9 Å². The molecule has 3 rings (SSSR count). The molecule has 2 atom stereocenters. The molecule has 1 aliphatic rings. The van der Waals surface area contributed by atoms with Gasteiger partial charge in [0.25, 0.3) is 0 Å². The zero-order valence-electron chi connectivity index (χ0n) is 11.8. The lowest BCUT2D eigenvalue weighted by Crippen LogP contribution is -2.28. The molecular formula is C16H18N2O3. The predicted octanol–water partition coefficient (Wildman–Crippen LogP) is 1.86. The normalized spacial score (nSPS) is 20.4. The second kappa shape index (κ2) is 5.24. The molecule has 0 bridgehead atoms. The van der Waals surface area contributed by atoms with Crippen molar-refractivity contribution in [2.45, 2.75) is 19.8 Å². The molecule has 0 radical (unpaired) electrons. The van der Waals surface area contributed by atoms with E-state index in [2.05, 4.69) is 16.4 Å². The van der Waals surface area contributed by atoms with Gasteiger partial charge in [0, 0.05) is 23.1 Å². The minimum Gasteiger partial charge on any atom is -0.481 e. The summed E-state index contributed by atoms with van der Waals surface area (Å²) in [5.74, 6) is -1.84. The van der Waals surface area contributed by atoms with E-state index in [0.29, 0.717) is 13.0 Å². The van der Waals surface area contributed by atoms with Gasteiger partial charge in [-0.3, -0.25) is 9.59 Å². The van der Waals surface area contributed by atoms with Crippen LogP contribution in [0.15, 0.2) is 24.3 Å². The van der Waals surface area contributed by atoms with Gasteiger partial charge >= 0.3 is 5.97 Å². The van der Waals surface area contributed by atoms with Crippen LogP contribution in [0.25, 0.3) is 10.9 Å². The summed E-state index contributed by atoms with van der Waals surface area (Å²) in [6.45, 7) is 2.56. The monoisotopic (exact) mass is 286 g/mol. The Balaban J connectivity index is 1.59. The van der Waals surface area contributed by atoms with Crippen molar-refractivity contribution in [3.05, 3.63) is 35.5 Å². The maximum Gasteiger partial charge on any atom is 0.307 e. The highest BCUT2D eigenvalue weighted by molar-refractivity contribution is 5.89. The molecular weight excluding hydrogens is 268 g/mol. The Bertz CT molecular complexity index is 705. The number of fused-ring (bicyclic) bond motifs is 1. The van der Waals surface area contributed by atoms with Crippen LogP contribution in [0.1, 0.15) is 17.7 Å². The van der Waals surface area contributed by atoms with Crippen molar-refractivity contribution in [1.82, 2.24) is 10.3 Å². The molecule has 1 aromatic carbocycles. The number of carboxylic acids is 1. The molecule has 0 unspecified atom stereocenters. The number of hydrogen-bond donors (Lipinski definition) is 3. The third kappa shape index (κ3) is 2.63. The second-order valence-electron chi connectivity index (χ2n) is 5.60. The van der Waals surface area contributed by atoms with E-state index in [9.17, 15) is 9.59 Å². The Hall–Kier alpha value is -2.30. The fourth-order valence-corrected chi connectivity index (χ4v) is 2.86. The van der Waals surface area contributed by atoms with Crippen LogP contribution in [0.5, 0.6) is 0 Å². The molecule has 110 valence electrons. The van der Waals surface area contributed by atoms with E-state index in [1.165, 1.54) is 10.9 Å². The first-order chi connectivity index (χ1) is 10.1. The van der Waals surface area contributed by atoms with Crippen molar-refractivity contribution in [3.8, 4) is 0 Å². The zero-order valence-corrected chi connectivity index (χ0v) is 11.8. The fourth-order valence-electron chi connectivity index (χ4n) is 2.86. The first-order valence-electron chi connectivity index (χ1n) is 7.14. The van der Waals surface area contributed by atoms with Crippen molar-refractivity contribution in [3.63, 3.8) is 0 Å². The molecule has 0 aliphatic heterocycles. The molecule has 1 amide bonds. The van der Waals surface area contributed by atoms with Gasteiger partial charge in [0.2, 0.25) is 5.91 Å². The Morgan fingerprint density at radius 3 is 2.81 bits per heavy atom. The van der Waals surface area contributed by atoms with Crippen molar-refractivity contribution >= 4 is 22.8 Å². The summed E-state index contributed by atoms with van der Waals surface area (Å²) in [4.78, 5) is 25.9. The van der Waals surface area contributed by atoms with E-state index in [1.807, 2.05) is 25.1 Å². The van der Waals surface area contributed by atoms with Gasteiger partial charge in [-0.05, 0) is 31.4 Å². The van der Waals surface area contributed by atoms with Gasteiger partial charge in [-0.2, -0.15) is 0 Å². The number of aliphatic carboxylic acids is 1. The molecule has 5 heteroatoms. The minimum atomic E-state index is -0.873. The van der Waals surface area contributed by atoms with Crippen LogP contribution in [0.2, 0.25) is 0 Å². The number of aromatic nitrogens is 1. The molecule has 2 aromatic rings. The SMILES string of the molecule is Cc1[nH]c2ccccc2c1CCNC(=O)[C@@H]1C[C@H]1C(=O)O. The Labute approximate surface area is 122 Å². The van der Waals surface area contributed by atoms with E-state index in [0.717, 1.165) is 17.6 Å². The van der Waals surface area contributed by atoms with Gasteiger partial charge in [0.05, 0.1) is 11.8 Å². The number of carbonyl (C=O) groups is 2. The maximum atomic E-state index is 11.8. The lowest BCUT2D eigenvalue weighted by molar-refractivity contribution is -0.140. The number of rotatable bonds is 5. The average molecular weight is 286 g/mol. The molecule has 1 heterocycles. The summed E-state index contributed by atoms with van der Waals surface area (Å²) in [5, 5.41) is 12.8. The third-order valence-electron chi connectivity index (χ3n) is 4.15. The summed E-state index contributed by atoms with van der Waals surface area (Å²) >= 11 is 0. The van der Waals surface area contributed by atoms with Crippen molar-refractivity contribution < 1.29 is 14.7 Å². The summed E-state index contributed by atoms with van der Waals surface area (Å²) in [6.07, 6.45) is 1.21. The van der Waals surface area contributed by atoms with Crippen LogP contribution in [-0.4, -0.2) is 28.5 Å². The lowest BCUT2D eigenvalue weighted by Gasteiger charge is -2.05. The van der Waals surface area contributed by atoms with Crippen LogP contribution in [-0.2, 0) is 16.0 Å². The molecule has 0 spiro atoms. The molecule has 1 aliphatic carbocycles. The van der Waals surface area contributed by atoms with Gasteiger partial charge in [0.15, 0.2) is 0 Å². The second-order valence-corrected chi connectivity index (χ2v) is 5.60. The van der Waals surface area contributed by atoms with Gasteiger partial charge in [0.1, 0.15) is 0 Å². The van der Waals surface area contributed by atoms with Crippen LogP contribution >= 0.6 is 0 Å². The highest BCUT2D eigenvalue weighted by Crippen LogP contribution is 2.38. The Morgan fingerprint density at radius 1 is 1.33 bits per heavy atom. The highest BCUT2D eigenvalue weighted by atomic mass is 16.4. The fraction of sp³-hybridized carbons (Fsp3) is 0.375. The number of aryl methyl sites for hydroxylation is 1. The Morgan fingerprint density at radius 2 is 2.10 bits per heavy atom. The number of carbonyl (C=O) groups excluding carboxylic acids is 1. The quantitative estimate of drug-likeness (QED) is 0.784. The number of benzene rings is 1. The van der Waals surface area contributed by atoms with E-state index >= 15 is 0 Å². The Kier molecular flexibility index (Phi) is 3.41. The molecule has 3 N–H and O–H groups in total. The largest absolute Gasteiger partial charge is 0.481 e. The third-order valence-corrected chi connectivity index (χ3v) is 4.15. The summed E-state index contributed by atoms with van der Waals surface area (Å²) in [5.41, 5.74) is 3.42. The van der Waals surface area contributed by atoms with Crippen LogP contribution in [0.4, 0.5) is 0 Å². The van der Waals surface area contributed by atoms with Crippen molar-refractivity contribution in [1.29, 1.82) is 0 Å². The summed E-state index contributed by atoms with van der Waals surface area (Å²) in [7, 11) is 0. The first kappa shape index (κ1) is 13.7. The number of carboxylic acid groups (broad SMARTS) is 1. The number of aromatic amines is 1. The van der Waals surface area contributed by atoms with Crippen LogP contribution in [0.3, 0.4) is 0 Å². The first-order valence-corrected chi connectivity index (χ1v) is 7.14. The molecule has 1 aromatic heterocycles. The smallest absolute Gasteiger partial charge is 0.307 e. The molecule has 0 saturated heterocycles. The molecule has 21 heavy (non-hydrogen) atoms. The lowest BCUT2D eigenvalue weighted by atomic mass is 10.1. The van der Waals surface area contributed by atoms with Crippen molar-refractivity contribution in [2.75, 3.05) is 6.54 Å². The average Bonchev–Trinajstić information content (AvgIpc) is 3.19. The number of H-pyrrole nitrogens is 1. The highest BCUT2D eigenvalue weighted by Gasteiger charge is 2.48. The number of hydrogen-bond acceptors (Lipinski definition) is 2. The van der Waals surface area contributed by atoms with E-state index in [1.54, 1.807) is 0 Å². The van der Waals surface area contributed by atoms with Gasteiger partial charge < -0.3 is 15.4 Å². The predicted molar refractivity (Wildman–Crippen MR) is 79.0 cm³/mol. The zero-order chi connectivity index (χ0) is 15.0. The van der Waals surface area contributed by atoms with Gasteiger partial charge in [-0.25, -0.2) is 0 Å². The number of nitrogens with one attached hydrogen (secondary N) is 2. The molecule has 5 nitrogen and oxygen atoms in total. The summed E-state index contributed by atoms with van der Waals surface area (Å²) < 4.78 is 0. The van der Waals surface area contributed by atoms with Crippen molar-refractivity contribution in [2.24, 2.45) is 11.8 Å². The molecule has 1 saturated carbocycles. The summed E-state index contributed by atoms with van der Waals surface area (Å²) in [6, 6.07) is 8.09.